The summed E-state index contributed by atoms with van der Waals surface area (Å²) in [6, 6.07) is 10.1. The van der Waals surface area contributed by atoms with Gasteiger partial charge in [-0.1, -0.05) is 43.2 Å². The van der Waals surface area contributed by atoms with E-state index in [1.54, 1.807) is 5.06 Å². The first-order valence-electron chi connectivity index (χ1n) is 7.49. The molecule has 0 bridgehead atoms. The van der Waals surface area contributed by atoms with Crippen LogP contribution in [0, 0.1) is 5.92 Å². The Labute approximate surface area is 120 Å². The summed E-state index contributed by atoms with van der Waals surface area (Å²) in [7, 11) is 0. The summed E-state index contributed by atoms with van der Waals surface area (Å²) in [6.45, 7) is 4.15. The summed E-state index contributed by atoms with van der Waals surface area (Å²) in [5.41, 5.74) is 1.09. The highest BCUT2D eigenvalue weighted by molar-refractivity contribution is 5.75. The normalized spacial score (nSPS) is 22.6. The quantitative estimate of drug-likeness (QED) is 0.798. The van der Waals surface area contributed by atoms with Gasteiger partial charge < -0.3 is 4.90 Å². The second-order valence-electron chi connectivity index (χ2n) is 5.89. The first-order chi connectivity index (χ1) is 9.74. The van der Waals surface area contributed by atoms with Gasteiger partial charge in [-0.2, -0.15) is 5.06 Å². The highest BCUT2D eigenvalue weighted by Gasteiger charge is 2.36. The molecule has 2 aliphatic rings. The molecule has 0 unspecified atom stereocenters. The number of nitrogens with zero attached hydrogens (tertiary/aromatic N) is 2. The lowest BCUT2D eigenvalue weighted by Crippen LogP contribution is -2.34. The molecule has 1 aromatic rings. The van der Waals surface area contributed by atoms with Gasteiger partial charge in [0, 0.05) is 13.1 Å². The summed E-state index contributed by atoms with van der Waals surface area (Å²) in [5, 5.41) is 1.54. The first-order valence-corrected chi connectivity index (χ1v) is 7.49. The molecule has 1 heterocycles. The number of amides is 2. The molecule has 1 aliphatic carbocycles. The standard InChI is InChI=1S/C16H22N2O2/c1-13-11-17(10-9-14-7-8-14)16(19)18(13)20-12-15-5-3-2-4-6-15/h2-6,13-14H,7-12H2,1H3/t13-/m1/s1. The van der Waals surface area contributed by atoms with Crippen LogP contribution in [0.15, 0.2) is 30.3 Å². The topological polar surface area (TPSA) is 32.8 Å². The van der Waals surface area contributed by atoms with Crippen LogP contribution < -0.4 is 0 Å². The predicted molar refractivity (Wildman–Crippen MR) is 76.8 cm³/mol. The number of benzene rings is 1. The van der Waals surface area contributed by atoms with Gasteiger partial charge in [0.15, 0.2) is 0 Å². The number of carbonyl (C=O) groups is 1. The van der Waals surface area contributed by atoms with E-state index in [9.17, 15) is 4.79 Å². The molecule has 2 fully saturated rings. The SMILES string of the molecule is C[C@@H]1CN(CCC2CC2)C(=O)N1OCc1ccccc1. The number of urea groups is 1. The molecule has 1 saturated heterocycles. The molecule has 0 aromatic heterocycles. The van der Waals surface area contributed by atoms with Crippen molar-refractivity contribution in [2.75, 3.05) is 13.1 Å². The van der Waals surface area contributed by atoms with E-state index < -0.39 is 0 Å². The molecular formula is C16H22N2O2. The molecule has 2 amide bonds. The third-order valence-corrected chi connectivity index (χ3v) is 4.06. The van der Waals surface area contributed by atoms with Gasteiger partial charge in [-0.15, -0.1) is 0 Å². The van der Waals surface area contributed by atoms with Crippen LogP contribution in [0.5, 0.6) is 0 Å². The Morgan fingerprint density at radius 1 is 1.25 bits per heavy atom. The molecule has 1 aliphatic heterocycles. The van der Waals surface area contributed by atoms with E-state index in [1.165, 1.54) is 12.8 Å². The minimum atomic E-state index is 0.0223. The van der Waals surface area contributed by atoms with Crippen LogP contribution in [0.4, 0.5) is 4.79 Å². The molecule has 4 nitrogen and oxygen atoms in total. The lowest BCUT2D eigenvalue weighted by atomic mass is 10.2. The zero-order chi connectivity index (χ0) is 13.9. The van der Waals surface area contributed by atoms with Crippen molar-refractivity contribution in [2.24, 2.45) is 5.92 Å². The molecule has 3 rings (SSSR count). The van der Waals surface area contributed by atoms with Crippen LogP contribution in [-0.2, 0) is 11.4 Å². The van der Waals surface area contributed by atoms with Gasteiger partial charge >= 0.3 is 6.03 Å². The zero-order valence-electron chi connectivity index (χ0n) is 12.0. The van der Waals surface area contributed by atoms with Crippen molar-refractivity contribution in [3.8, 4) is 0 Å². The van der Waals surface area contributed by atoms with Crippen molar-refractivity contribution in [1.82, 2.24) is 9.96 Å². The second kappa shape index (κ2) is 5.83. The fraction of sp³-hybridized carbons (Fsp3) is 0.562. The lowest BCUT2D eigenvalue weighted by Gasteiger charge is -2.20. The monoisotopic (exact) mass is 274 g/mol. The number of hydroxylamine groups is 2. The van der Waals surface area contributed by atoms with Crippen LogP contribution in [0.3, 0.4) is 0 Å². The van der Waals surface area contributed by atoms with Gasteiger partial charge in [0.25, 0.3) is 0 Å². The van der Waals surface area contributed by atoms with Gasteiger partial charge in [-0.3, -0.25) is 4.84 Å². The van der Waals surface area contributed by atoms with Crippen LogP contribution in [0.1, 0.15) is 31.7 Å². The van der Waals surface area contributed by atoms with E-state index in [2.05, 4.69) is 0 Å². The smallest absolute Gasteiger partial charge is 0.321 e. The van der Waals surface area contributed by atoms with Gasteiger partial charge in [-0.05, 0) is 24.8 Å². The number of hydrogen-bond donors (Lipinski definition) is 0. The molecule has 1 atom stereocenters. The van der Waals surface area contributed by atoms with Crippen LogP contribution in [0.2, 0.25) is 0 Å². The van der Waals surface area contributed by atoms with Crippen LogP contribution in [0.25, 0.3) is 0 Å². The fourth-order valence-electron chi connectivity index (χ4n) is 2.63. The average molecular weight is 274 g/mol. The molecule has 1 aromatic carbocycles. The average Bonchev–Trinajstić information content (AvgIpc) is 3.24. The zero-order valence-corrected chi connectivity index (χ0v) is 12.0. The van der Waals surface area contributed by atoms with Crippen molar-refractivity contribution in [3.63, 3.8) is 0 Å². The van der Waals surface area contributed by atoms with Gasteiger partial charge in [0.1, 0.15) is 6.61 Å². The van der Waals surface area contributed by atoms with Gasteiger partial charge in [0.2, 0.25) is 0 Å². The van der Waals surface area contributed by atoms with E-state index in [0.29, 0.717) is 6.61 Å². The van der Waals surface area contributed by atoms with Gasteiger partial charge in [0.05, 0.1) is 6.04 Å². The van der Waals surface area contributed by atoms with Crippen LogP contribution >= 0.6 is 0 Å². The van der Waals surface area contributed by atoms with Crippen molar-refractivity contribution in [3.05, 3.63) is 35.9 Å². The number of carbonyl (C=O) groups excluding carboxylic acids is 1. The van der Waals surface area contributed by atoms with Crippen molar-refractivity contribution in [2.45, 2.75) is 38.8 Å². The molecule has 0 N–H and O–H groups in total. The first kappa shape index (κ1) is 13.4. The van der Waals surface area contributed by atoms with Crippen molar-refractivity contribution < 1.29 is 9.63 Å². The third kappa shape index (κ3) is 3.12. The number of hydrogen-bond acceptors (Lipinski definition) is 2. The molecule has 4 heteroatoms. The fourth-order valence-corrected chi connectivity index (χ4v) is 2.63. The Morgan fingerprint density at radius 3 is 2.70 bits per heavy atom. The molecule has 1 saturated carbocycles. The highest BCUT2D eigenvalue weighted by Crippen LogP contribution is 2.33. The maximum absolute atomic E-state index is 12.3. The summed E-state index contributed by atoms with van der Waals surface area (Å²) < 4.78 is 0. The Balaban J connectivity index is 1.51. The van der Waals surface area contributed by atoms with Crippen molar-refractivity contribution in [1.29, 1.82) is 0 Å². The summed E-state index contributed by atoms with van der Waals surface area (Å²) >= 11 is 0. The Kier molecular flexibility index (Phi) is 3.92. The third-order valence-electron chi connectivity index (χ3n) is 4.06. The maximum Gasteiger partial charge on any atom is 0.344 e. The molecular weight excluding hydrogens is 252 g/mol. The van der Waals surface area contributed by atoms with E-state index in [-0.39, 0.29) is 12.1 Å². The van der Waals surface area contributed by atoms with Crippen LogP contribution in [-0.4, -0.2) is 35.1 Å². The van der Waals surface area contributed by atoms with E-state index in [1.807, 2.05) is 42.2 Å². The Bertz CT molecular complexity index is 459. The van der Waals surface area contributed by atoms with E-state index in [4.69, 9.17) is 4.84 Å². The Morgan fingerprint density at radius 2 is 2.00 bits per heavy atom. The summed E-state index contributed by atoms with van der Waals surface area (Å²) in [6.07, 6.45) is 3.82. The minimum Gasteiger partial charge on any atom is -0.321 e. The van der Waals surface area contributed by atoms with Gasteiger partial charge in [-0.25, -0.2) is 4.79 Å². The summed E-state index contributed by atoms with van der Waals surface area (Å²) in [5.74, 6) is 0.859. The predicted octanol–water partition coefficient (Wildman–Crippen LogP) is 3.04. The number of rotatable bonds is 6. The molecule has 20 heavy (non-hydrogen) atoms. The van der Waals surface area contributed by atoms with E-state index >= 15 is 0 Å². The Hall–Kier alpha value is -1.55. The minimum absolute atomic E-state index is 0.0223. The molecule has 108 valence electrons. The summed E-state index contributed by atoms with van der Waals surface area (Å²) in [4.78, 5) is 19.9. The molecule has 0 radical (unpaired) electrons. The maximum atomic E-state index is 12.3. The molecule has 0 spiro atoms. The van der Waals surface area contributed by atoms with E-state index in [0.717, 1.165) is 31.0 Å². The largest absolute Gasteiger partial charge is 0.344 e. The van der Waals surface area contributed by atoms with Crippen molar-refractivity contribution >= 4 is 6.03 Å². The lowest BCUT2D eigenvalue weighted by molar-refractivity contribution is -0.136. The second-order valence-corrected chi connectivity index (χ2v) is 5.89. The highest BCUT2D eigenvalue weighted by atomic mass is 16.7.